The molecule has 0 radical (unpaired) electrons. The average molecular weight is 229 g/mol. The summed E-state index contributed by atoms with van der Waals surface area (Å²) in [5.74, 6) is 0. The van der Waals surface area contributed by atoms with Crippen molar-refractivity contribution >= 4 is 23.3 Å². The molecule has 0 spiro atoms. The van der Waals surface area contributed by atoms with Gasteiger partial charge >= 0.3 is 6.03 Å². The number of hydrogen-bond acceptors (Lipinski definition) is 2. The summed E-state index contributed by atoms with van der Waals surface area (Å²) in [7, 11) is 1.55. The second kappa shape index (κ2) is 5.58. The average Bonchev–Trinajstić information content (AvgIpc) is 2.22. The number of urea groups is 1. The van der Waals surface area contributed by atoms with E-state index in [1.807, 2.05) is 6.92 Å². The fourth-order valence-electron chi connectivity index (χ4n) is 0.988. The number of hydrogen-bond donors (Lipinski definition) is 1. The first-order chi connectivity index (χ1) is 7.13. The molecule has 0 aliphatic rings. The monoisotopic (exact) mass is 228 g/mol. The van der Waals surface area contributed by atoms with Crippen molar-refractivity contribution in [2.24, 2.45) is 0 Å². The number of carbonyl (C=O) groups is 1. The zero-order chi connectivity index (χ0) is 11.3. The van der Waals surface area contributed by atoms with Crippen molar-refractivity contribution in [3.05, 3.63) is 29.3 Å². The summed E-state index contributed by atoms with van der Waals surface area (Å²) in [6.07, 6.45) is 0. The highest BCUT2D eigenvalue weighted by molar-refractivity contribution is 6.30. The van der Waals surface area contributed by atoms with Crippen molar-refractivity contribution in [1.82, 2.24) is 5.06 Å². The van der Waals surface area contributed by atoms with Gasteiger partial charge in [-0.1, -0.05) is 11.6 Å². The molecule has 2 amide bonds. The lowest BCUT2D eigenvalue weighted by Gasteiger charge is -2.16. The minimum atomic E-state index is -0.320. The summed E-state index contributed by atoms with van der Waals surface area (Å²) in [4.78, 5) is 16.4. The molecule has 0 fully saturated rings. The highest BCUT2D eigenvalue weighted by Crippen LogP contribution is 2.13. The zero-order valence-corrected chi connectivity index (χ0v) is 9.41. The van der Waals surface area contributed by atoms with Crippen molar-refractivity contribution in [1.29, 1.82) is 0 Å². The number of halogens is 1. The predicted molar refractivity (Wildman–Crippen MR) is 59.9 cm³/mol. The highest BCUT2D eigenvalue weighted by Gasteiger charge is 2.07. The first-order valence-corrected chi connectivity index (χ1v) is 4.94. The van der Waals surface area contributed by atoms with E-state index in [2.05, 4.69) is 5.32 Å². The van der Waals surface area contributed by atoms with Gasteiger partial charge in [0.2, 0.25) is 0 Å². The molecule has 5 heteroatoms. The van der Waals surface area contributed by atoms with Gasteiger partial charge < -0.3 is 5.32 Å². The van der Waals surface area contributed by atoms with Crippen molar-refractivity contribution < 1.29 is 9.63 Å². The van der Waals surface area contributed by atoms with Crippen molar-refractivity contribution in [2.75, 3.05) is 19.0 Å². The van der Waals surface area contributed by atoms with Crippen LogP contribution in [-0.2, 0) is 4.84 Å². The van der Waals surface area contributed by atoms with Gasteiger partial charge in [-0.3, -0.25) is 4.84 Å². The SMILES string of the molecule is CCON(C)C(=O)Nc1ccc(Cl)cc1. The predicted octanol–water partition coefficient (Wildman–Crippen LogP) is 2.76. The third-order valence-corrected chi connectivity index (χ3v) is 1.96. The van der Waals surface area contributed by atoms with Crippen LogP contribution in [0.15, 0.2) is 24.3 Å². The van der Waals surface area contributed by atoms with E-state index in [-0.39, 0.29) is 6.03 Å². The molecule has 1 aromatic carbocycles. The third kappa shape index (κ3) is 3.77. The van der Waals surface area contributed by atoms with Crippen LogP contribution in [0.1, 0.15) is 6.92 Å². The molecule has 0 aliphatic carbocycles. The number of amides is 2. The van der Waals surface area contributed by atoms with Crippen LogP contribution < -0.4 is 5.32 Å². The molecule has 0 atom stereocenters. The maximum Gasteiger partial charge on any atom is 0.345 e. The van der Waals surface area contributed by atoms with Gasteiger partial charge in [0, 0.05) is 17.8 Å². The lowest BCUT2D eigenvalue weighted by Crippen LogP contribution is -2.31. The maximum atomic E-state index is 11.4. The van der Waals surface area contributed by atoms with E-state index >= 15 is 0 Å². The lowest BCUT2D eigenvalue weighted by atomic mass is 10.3. The van der Waals surface area contributed by atoms with Gasteiger partial charge in [0.25, 0.3) is 0 Å². The number of nitrogens with one attached hydrogen (secondary N) is 1. The largest absolute Gasteiger partial charge is 0.345 e. The van der Waals surface area contributed by atoms with Crippen LogP contribution >= 0.6 is 11.6 Å². The number of carbonyl (C=O) groups excluding carboxylic acids is 1. The van der Waals surface area contributed by atoms with Gasteiger partial charge in [-0.2, -0.15) is 0 Å². The zero-order valence-electron chi connectivity index (χ0n) is 8.66. The Balaban J connectivity index is 2.54. The van der Waals surface area contributed by atoms with Crippen molar-refractivity contribution in [2.45, 2.75) is 6.92 Å². The second-order valence-corrected chi connectivity index (χ2v) is 3.29. The van der Waals surface area contributed by atoms with Gasteiger partial charge in [-0.25, -0.2) is 9.86 Å². The summed E-state index contributed by atoms with van der Waals surface area (Å²) in [5.41, 5.74) is 0.677. The molecule has 1 N–H and O–H groups in total. The molecule has 0 saturated heterocycles. The molecule has 1 aromatic rings. The molecule has 0 unspecified atom stereocenters. The van der Waals surface area contributed by atoms with E-state index in [0.29, 0.717) is 17.3 Å². The van der Waals surface area contributed by atoms with Crippen LogP contribution in [-0.4, -0.2) is 24.7 Å². The normalized spacial score (nSPS) is 9.80. The minimum Gasteiger partial charge on any atom is -0.306 e. The Bertz CT molecular complexity index is 327. The van der Waals surface area contributed by atoms with Gasteiger partial charge in [-0.05, 0) is 31.2 Å². The van der Waals surface area contributed by atoms with Gasteiger partial charge in [0.15, 0.2) is 0 Å². The second-order valence-electron chi connectivity index (χ2n) is 2.85. The quantitative estimate of drug-likeness (QED) is 0.809. The standard InChI is InChI=1S/C10H13ClN2O2/c1-3-15-13(2)10(14)12-9-6-4-8(11)5-7-9/h4-7H,3H2,1-2H3,(H,12,14). The van der Waals surface area contributed by atoms with Crippen LogP contribution in [0, 0.1) is 0 Å². The molecule has 1 rings (SSSR count). The summed E-state index contributed by atoms with van der Waals surface area (Å²) >= 11 is 5.71. The molecule has 0 aromatic heterocycles. The number of hydroxylamine groups is 2. The Labute approximate surface area is 93.7 Å². The number of nitrogens with zero attached hydrogens (tertiary/aromatic N) is 1. The molecule has 0 aliphatic heterocycles. The molecular weight excluding hydrogens is 216 g/mol. The molecule has 0 heterocycles. The summed E-state index contributed by atoms with van der Waals surface area (Å²) < 4.78 is 0. The van der Waals surface area contributed by atoms with Gasteiger partial charge in [0.1, 0.15) is 0 Å². The molecular formula is C10H13ClN2O2. The van der Waals surface area contributed by atoms with E-state index < -0.39 is 0 Å². The summed E-state index contributed by atoms with van der Waals surface area (Å²) in [6, 6.07) is 6.54. The molecule has 4 nitrogen and oxygen atoms in total. The Morgan fingerprint density at radius 1 is 1.47 bits per heavy atom. The molecule has 15 heavy (non-hydrogen) atoms. The summed E-state index contributed by atoms with van der Waals surface area (Å²) in [5, 5.41) is 4.44. The Morgan fingerprint density at radius 3 is 2.60 bits per heavy atom. The highest BCUT2D eigenvalue weighted by atomic mass is 35.5. The minimum absolute atomic E-state index is 0.320. The van der Waals surface area contributed by atoms with Gasteiger partial charge in [-0.15, -0.1) is 0 Å². The number of anilines is 1. The first kappa shape index (κ1) is 11.8. The topological polar surface area (TPSA) is 41.6 Å². The maximum absolute atomic E-state index is 11.4. The van der Waals surface area contributed by atoms with E-state index in [0.717, 1.165) is 5.06 Å². The Kier molecular flexibility index (Phi) is 4.39. The van der Waals surface area contributed by atoms with Crippen LogP contribution in [0.5, 0.6) is 0 Å². The fourth-order valence-corrected chi connectivity index (χ4v) is 1.11. The smallest absolute Gasteiger partial charge is 0.306 e. The van der Waals surface area contributed by atoms with Crippen LogP contribution in [0.4, 0.5) is 10.5 Å². The van der Waals surface area contributed by atoms with E-state index in [1.54, 1.807) is 31.3 Å². The van der Waals surface area contributed by atoms with E-state index in [1.165, 1.54) is 0 Å². The van der Waals surface area contributed by atoms with Crippen molar-refractivity contribution in [3.63, 3.8) is 0 Å². The third-order valence-electron chi connectivity index (χ3n) is 1.70. The fraction of sp³-hybridized carbons (Fsp3) is 0.300. The lowest BCUT2D eigenvalue weighted by molar-refractivity contribution is -0.0879. The number of rotatable bonds is 3. The van der Waals surface area contributed by atoms with Crippen LogP contribution in [0.2, 0.25) is 5.02 Å². The molecule has 0 saturated carbocycles. The van der Waals surface area contributed by atoms with E-state index in [9.17, 15) is 4.79 Å². The van der Waals surface area contributed by atoms with Crippen molar-refractivity contribution in [3.8, 4) is 0 Å². The van der Waals surface area contributed by atoms with Gasteiger partial charge in [0.05, 0.1) is 6.61 Å². The van der Waals surface area contributed by atoms with E-state index in [4.69, 9.17) is 16.4 Å². The first-order valence-electron chi connectivity index (χ1n) is 4.56. The van der Waals surface area contributed by atoms with Crippen LogP contribution in [0.3, 0.4) is 0 Å². The van der Waals surface area contributed by atoms with Crippen LogP contribution in [0.25, 0.3) is 0 Å². The Hall–Kier alpha value is -1.26. The number of benzene rings is 1. The Morgan fingerprint density at radius 2 is 2.07 bits per heavy atom. The summed E-state index contributed by atoms with van der Waals surface area (Å²) in [6.45, 7) is 2.26. The molecule has 0 bridgehead atoms. The molecule has 82 valence electrons.